The van der Waals surface area contributed by atoms with Crippen molar-refractivity contribution in [2.24, 2.45) is 0 Å². The van der Waals surface area contributed by atoms with Gasteiger partial charge in [0.2, 0.25) is 6.79 Å². The van der Waals surface area contributed by atoms with Crippen LogP contribution in [0.25, 0.3) is 0 Å². The van der Waals surface area contributed by atoms with Crippen molar-refractivity contribution in [1.29, 1.82) is 0 Å². The van der Waals surface area contributed by atoms with Gasteiger partial charge < -0.3 is 18.9 Å². The Morgan fingerprint density at radius 2 is 1.92 bits per heavy atom. The van der Waals surface area contributed by atoms with Crippen molar-refractivity contribution in [2.75, 3.05) is 20.5 Å². The fraction of sp³-hybridized carbons (Fsp3) is 0.350. The highest BCUT2D eigenvalue weighted by Crippen LogP contribution is 2.40. The summed E-state index contributed by atoms with van der Waals surface area (Å²) < 4.78 is 22.1. The Balaban J connectivity index is 1.70. The van der Waals surface area contributed by atoms with Crippen LogP contribution in [0.1, 0.15) is 40.7 Å². The summed E-state index contributed by atoms with van der Waals surface area (Å²) in [4.78, 5) is 13.1. The zero-order chi connectivity index (χ0) is 17.4. The van der Waals surface area contributed by atoms with Gasteiger partial charge in [0.1, 0.15) is 18.1 Å². The molecule has 0 N–H and O–H groups in total. The molecule has 2 heterocycles. The van der Waals surface area contributed by atoms with E-state index in [0.29, 0.717) is 29.4 Å². The van der Waals surface area contributed by atoms with Crippen LogP contribution in [-0.2, 0) is 6.42 Å². The first kappa shape index (κ1) is 15.8. The van der Waals surface area contributed by atoms with E-state index >= 15 is 0 Å². The molecule has 2 aromatic rings. The van der Waals surface area contributed by atoms with E-state index in [2.05, 4.69) is 6.92 Å². The van der Waals surface area contributed by atoms with Crippen LogP contribution in [0.2, 0.25) is 0 Å². The van der Waals surface area contributed by atoms with Gasteiger partial charge in [-0.05, 0) is 35.7 Å². The van der Waals surface area contributed by atoms with Crippen molar-refractivity contribution >= 4 is 5.78 Å². The zero-order valence-corrected chi connectivity index (χ0v) is 14.3. The Kier molecular flexibility index (Phi) is 3.99. The first-order valence-electron chi connectivity index (χ1n) is 8.48. The maximum Gasteiger partial charge on any atom is 0.231 e. The molecule has 0 saturated carbocycles. The summed E-state index contributed by atoms with van der Waals surface area (Å²) in [7, 11) is 1.64. The molecule has 0 bridgehead atoms. The molecule has 2 aliphatic heterocycles. The summed E-state index contributed by atoms with van der Waals surface area (Å²) in [5, 5.41) is 0. The summed E-state index contributed by atoms with van der Waals surface area (Å²) in [6, 6.07) is 9.36. The average Bonchev–Trinajstić information content (AvgIpc) is 3.10. The van der Waals surface area contributed by atoms with E-state index in [9.17, 15) is 4.79 Å². The molecule has 0 fully saturated rings. The molecular weight excluding hydrogens is 320 g/mol. The number of ketones is 1. The standard InChI is InChI=1S/C20H20O5/c1-3-4-13-7-14-18(9-17(13)22-2)23-10-15(20(14)21)12-5-6-16-19(8-12)25-11-24-16/h5-9,15H,3-4,10-11H2,1-2H3/t15-/m1/s1. The predicted octanol–water partition coefficient (Wildman–Crippen LogP) is 3.74. The first-order chi connectivity index (χ1) is 12.2. The van der Waals surface area contributed by atoms with Crippen molar-refractivity contribution in [3.63, 3.8) is 0 Å². The van der Waals surface area contributed by atoms with Gasteiger partial charge in [0.05, 0.1) is 18.6 Å². The molecule has 4 rings (SSSR count). The van der Waals surface area contributed by atoms with E-state index in [0.717, 1.165) is 29.7 Å². The zero-order valence-electron chi connectivity index (χ0n) is 14.3. The number of ether oxygens (including phenoxy) is 4. The summed E-state index contributed by atoms with van der Waals surface area (Å²) >= 11 is 0. The third-order valence-corrected chi connectivity index (χ3v) is 4.69. The molecule has 5 heteroatoms. The lowest BCUT2D eigenvalue weighted by Gasteiger charge is -2.26. The van der Waals surface area contributed by atoms with Crippen LogP contribution in [0.15, 0.2) is 30.3 Å². The number of rotatable bonds is 4. The number of hydrogen-bond donors (Lipinski definition) is 0. The van der Waals surface area contributed by atoms with E-state index in [1.165, 1.54) is 0 Å². The van der Waals surface area contributed by atoms with Crippen molar-refractivity contribution in [1.82, 2.24) is 0 Å². The van der Waals surface area contributed by atoms with E-state index in [1.807, 2.05) is 30.3 Å². The van der Waals surface area contributed by atoms with Gasteiger partial charge in [-0.3, -0.25) is 4.79 Å². The number of hydrogen-bond acceptors (Lipinski definition) is 5. The molecule has 1 atom stereocenters. The fourth-order valence-corrected chi connectivity index (χ4v) is 3.39. The van der Waals surface area contributed by atoms with Gasteiger partial charge in [0, 0.05) is 6.07 Å². The van der Waals surface area contributed by atoms with E-state index < -0.39 is 0 Å². The van der Waals surface area contributed by atoms with Crippen LogP contribution in [0.5, 0.6) is 23.0 Å². The molecule has 0 saturated heterocycles. The number of methoxy groups -OCH3 is 1. The Morgan fingerprint density at radius 1 is 1.08 bits per heavy atom. The maximum atomic E-state index is 13.1. The Hall–Kier alpha value is -2.69. The van der Waals surface area contributed by atoms with Crippen LogP contribution in [0.4, 0.5) is 0 Å². The van der Waals surface area contributed by atoms with Gasteiger partial charge in [-0.1, -0.05) is 19.4 Å². The molecule has 0 spiro atoms. The van der Waals surface area contributed by atoms with Crippen LogP contribution >= 0.6 is 0 Å². The smallest absolute Gasteiger partial charge is 0.231 e. The lowest BCUT2D eigenvalue weighted by Crippen LogP contribution is -2.26. The topological polar surface area (TPSA) is 54.0 Å². The second kappa shape index (κ2) is 6.31. The van der Waals surface area contributed by atoms with Gasteiger partial charge in [-0.2, -0.15) is 0 Å². The summed E-state index contributed by atoms with van der Waals surface area (Å²) in [6.45, 7) is 2.63. The van der Waals surface area contributed by atoms with Crippen molar-refractivity contribution in [3.8, 4) is 23.0 Å². The van der Waals surface area contributed by atoms with Crippen LogP contribution in [0, 0.1) is 0 Å². The Bertz CT molecular complexity index is 827. The number of Topliss-reactive ketones (excluding diaryl/α,β-unsaturated/α-hetero) is 1. The van der Waals surface area contributed by atoms with Crippen LogP contribution < -0.4 is 18.9 Å². The second-order valence-corrected chi connectivity index (χ2v) is 6.25. The van der Waals surface area contributed by atoms with E-state index in [-0.39, 0.29) is 18.5 Å². The molecular formula is C20H20O5. The third kappa shape index (κ3) is 2.69. The molecule has 0 amide bonds. The van der Waals surface area contributed by atoms with Crippen LogP contribution in [-0.4, -0.2) is 26.3 Å². The number of fused-ring (bicyclic) bond motifs is 2. The highest BCUT2D eigenvalue weighted by molar-refractivity contribution is 6.04. The molecule has 2 aromatic carbocycles. The molecule has 130 valence electrons. The summed E-state index contributed by atoms with van der Waals surface area (Å²) in [5.41, 5.74) is 2.54. The molecule has 5 nitrogen and oxygen atoms in total. The summed E-state index contributed by atoms with van der Waals surface area (Å²) in [5.74, 6) is 2.49. The molecule has 0 aromatic heterocycles. The largest absolute Gasteiger partial charge is 0.496 e. The van der Waals surface area contributed by atoms with Gasteiger partial charge in [-0.25, -0.2) is 0 Å². The van der Waals surface area contributed by atoms with E-state index in [4.69, 9.17) is 18.9 Å². The number of carbonyl (C=O) groups excluding carboxylic acids is 1. The third-order valence-electron chi connectivity index (χ3n) is 4.69. The number of carbonyl (C=O) groups is 1. The van der Waals surface area contributed by atoms with E-state index in [1.54, 1.807) is 7.11 Å². The Morgan fingerprint density at radius 3 is 2.72 bits per heavy atom. The van der Waals surface area contributed by atoms with Crippen LogP contribution in [0.3, 0.4) is 0 Å². The Labute approximate surface area is 146 Å². The monoisotopic (exact) mass is 340 g/mol. The average molecular weight is 340 g/mol. The minimum absolute atomic E-state index is 0.0696. The lowest BCUT2D eigenvalue weighted by molar-refractivity contribution is 0.0895. The molecule has 0 radical (unpaired) electrons. The number of benzene rings is 2. The highest BCUT2D eigenvalue weighted by atomic mass is 16.7. The number of aryl methyl sites for hydroxylation is 1. The quantitative estimate of drug-likeness (QED) is 0.849. The van der Waals surface area contributed by atoms with Gasteiger partial charge >= 0.3 is 0 Å². The second-order valence-electron chi connectivity index (χ2n) is 6.25. The highest BCUT2D eigenvalue weighted by Gasteiger charge is 2.32. The van der Waals surface area contributed by atoms with Gasteiger partial charge in [-0.15, -0.1) is 0 Å². The molecule has 0 aliphatic carbocycles. The summed E-state index contributed by atoms with van der Waals surface area (Å²) in [6.07, 6.45) is 1.84. The molecule has 25 heavy (non-hydrogen) atoms. The SMILES string of the molecule is CCCc1cc2c(cc1OC)OC[C@H](c1ccc3c(c1)OCO3)C2=O. The van der Waals surface area contributed by atoms with Gasteiger partial charge in [0.15, 0.2) is 17.3 Å². The minimum atomic E-state index is -0.343. The lowest BCUT2D eigenvalue weighted by atomic mass is 9.87. The van der Waals surface area contributed by atoms with Crippen molar-refractivity contribution < 1.29 is 23.7 Å². The van der Waals surface area contributed by atoms with Gasteiger partial charge in [0.25, 0.3) is 0 Å². The first-order valence-corrected chi connectivity index (χ1v) is 8.48. The predicted molar refractivity (Wildman–Crippen MR) is 92.1 cm³/mol. The van der Waals surface area contributed by atoms with Crippen molar-refractivity contribution in [2.45, 2.75) is 25.7 Å². The molecule has 0 unspecified atom stereocenters. The fourth-order valence-electron chi connectivity index (χ4n) is 3.39. The van der Waals surface area contributed by atoms with Crippen molar-refractivity contribution in [3.05, 3.63) is 47.0 Å². The molecule has 2 aliphatic rings. The normalized spacial score (nSPS) is 17.8. The minimum Gasteiger partial charge on any atom is -0.496 e. The maximum absolute atomic E-state index is 13.1.